The van der Waals surface area contributed by atoms with Gasteiger partial charge in [0, 0.05) is 28.6 Å². The zero-order valence-corrected chi connectivity index (χ0v) is 18.3. The fourth-order valence-electron chi connectivity index (χ4n) is 4.14. The van der Waals surface area contributed by atoms with E-state index in [1.165, 1.54) is 12.1 Å². The quantitative estimate of drug-likeness (QED) is 0.463. The Bertz CT molecular complexity index is 1290. The van der Waals surface area contributed by atoms with Crippen molar-refractivity contribution >= 4 is 17.3 Å². The molecular weight excluding hydrogens is 443 g/mol. The van der Waals surface area contributed by atoms with Gasteiger partial charge < -0.3 is 10.1 Å². The Morgan fingerprint density at radius 1 is 1.12 bits per heavy atom. The maximum absolute atomic E-state index is 13.0. The molecule has 0 bridgehead atoms. The van der Waals surface area contributed by atoms with Crippen LogP contribution in [0.1, 0.15) is 25.3 Å². The van der Waals surface area contributed by atoms with Crippen LogP contribution in [0, 0.1) is 5.92 Å². The normalized spacial score (nSPS) is 19.8. The molecule has 0 amide bonds. The maximum Gasteiger partial charge on any atom is 0.416 e. The number of allylic oxidation sites excluding steroid dienone is 3. The minimum absolute atomic E-state index is 0.111. The lowest BCUT2D eigenvalue weighted by atomic mass is 9.85. The molecule has 2 N–H and O–H groups in total. The molecule has 2 heterocycles. The smallest absolute Gasteiger partial charge is 0.416 e. The van der Waals surface area contributed by atoms with Gasteiger partial charge in [0.25, 0.3) is 0 Å². The Morgan fingerprint density at radius 3 is 2.82 bits per heavy atom. The second-order valence-electron chi connectivity index (χ2n) is 8.25. The van der Waals surface area contributed by atoms with E-state index in [0.29, 0.717) is 11.6 Å². The number of anilines is 2. The molecule has 2 aromatic carbocycles. The number of aromatic nitrogens is 3. The number of alkyl halides is 3. The topological polar surface area (TPSA) is 75.2 Å². The number of hydrogen-bond acceptors (Lipinski definition) is 5. The van der Waals surface area contributed by atoms with Crippen molar-refractivity contribution in [2.24, 2.45) is 10.9 Å². The number of aromatic amines is 1. The number of nitrogens with one attached hydrogen (secondary N) is 2. The third-order valence-corrected chi connectivity index (χ3v) is 5.73. The summed E-state index contributed by atoms with van der Waals surface area (Å²) in [6.45, 7) is 1.96. The van der Waals surface area contributed by atoms with Crippen LogP contribution in [0.3, 0.4) is 0 Å². The van der Waals surface area contributed by atoms with Crippen LogP contribution in [0.4, 0.5) is 24.8 Å². The van der Waals surface area contributed by atoms with Gasteiger partial charge in [-0.25, -0.2) is 0 Å². The Labute approximate surface area is 194 Å². The van der Waals surface area contributed by atoms with Gasteiger partial charge in [0.1, 0.15) is 11.9 Å². The van der Waals surface area contributed by atoms with E-state index in [4.69, 9.17) is 4.74 Å². The summed E-state index contributed by atoms with van der Waals surface area (Å²) < 4.78 is 45.2. The molecule has 2 unspecified atom stereocenters. The maximum atomic E-state index is 13.0. The van der Waals surface area contributed by atoms with Crippen LogP contribution < -0.4 is 10.1 Å². The van der Waals surface area contributed by atoms with Crippen molar-refractivity contribution in [3.63, 3.8) is 0 Å². The first-order chi connectivity index (χ1) is 16.3. The van der Waals surface area contributed by atoms with E-state index in [1.54, 1.807) is 0 Å². The molecule has 6 nitrogen and oxygen atoms in total. The number of fused-ring (bicyclic) bond motifs is 1. The van der Waals surface area contributed by atoms with Crippen molar-refractivity contribution in [2.45, 2.75) is 32.0 Å². The lowest BCUT2D eigenvalue weighted by Gasteiger charge is -2.31. The molecule has 34 heavy (non-hydrogen) atoms. The van der Waals surface area contributed by atoms with E-state index in [9.17, 15) is 13.2 Å². The highest BCUT2D eigenvalue weighted by atomic mass is 19.4. The van der Waals surface area contributed by atoms with Crippen LogP contribution in [-0.4, -0.2) is 27.0 Å². The van der Waals surface area contributed by atoms with Crippen molar-refractivity contribution in [2.75, 3.05) is 5.32 Å². The van der Waals surface area contributed by atoms with Crippen molar-refractivity contribution in [1.82, 2.24) is 15.2 Å². The molecule has 0 saturated heterocycles. The van der Waals surface area contributed by atoms with Crippen molar-refractivity contribution < 1.29 is 17.9 Å². The Hall–Kier alpha value is -3.88. The molecule has 174 valence electrons. The van der Waals surface area contributed by atoms with Crippen molar-refractivity contribution in [3.05, 3.63) is 78.0 Å². The highest BCUT2D eigenvalue weighted by Gasteiger charge is 2.31. The fourth-order valence-corrected chi connectivity index (χ4v) is 4.14. The summed E-state index contributed by atoms with van der Waals surface area (Å²) in [5.74, 6) is 1.54. The predicted octanol–water partition coefficient (Wildman–Crippen LogP) is 6.31. The lowest BCUT2D eigenvalue weighted by Crippen LogP contribution is -2.34. The summed E-state index contributed by atoms with van der Waals surface area (Å²) in [4.78, 5) is 9.01. The number of nitrogens with zero attached hydrogens (tertiary/aromatic N) is 3. The molecule has 2 atom stereocenters. The van der Waals surface area contributed by atoms with Crippen LogP contribution in [0.5, 0.6) is 5.75 Å². The minimum atomic E-state index is -4.42. The molecule has 5 rings (SSSR count). The number of aliphatic imine (C=N–C) groups is 1. The van der Waals surface area contributed by atoms with Gasteiger partial charge in [-0.3, -0.25) is 10.1 Å². The third-order valence-electron chi connectivity index (χ3n) is 5.73. The number of H-pyrrole nitrogens is 1. The minimum Gasteiger partial charge on any atom is -0.486 e. The van der Waals surface area contributed by atoms with Gasteiger partial charge in [-0.05, 0) is 62.2 Å². The van der Waals surface area contributed by atoms with Crippen molar-refractivity contribution in [3.8, 4) is 17.1 Å². The number of ether oxygens (including phenoxy) is 1. The van der Waals surface area contributed by atoms with Gasteiger partial charge >= 0.3 is 6.18 Å². The average Bonchev–Trinajstić information content (AvgIpc) is 3.27. The molecule has 0 radical (unpaired) electrons. The molecule has 1 aliphatic heterocycles. The fraction of sp³-hybridized carbons (Fsp3) is 0.240. The number of halogens is 3. The first-order valence-electron chi connectivity index (χ1n) is 10.9. The van der Waals surface area contributed by atoms with E-state index in [1.807, 2.05) is 37.3 Å². The molecule has 1 aliphatic carbocycles. The predicted molar refractivity (Wildman–Crippen MR) is 124 cm³/mol. The summed E-state index contributed by atoms with van der Waals surface area (Å²) in [5.41, 5.74) is 2.23. The first kappa shape index (κ1) is 21.9. The van der Waals surface area contributed by atoms with E-state index in [-0.39, 0.29) is 23.7 Å². The molecule has 0 spiro atoms. The molecule has 9 heteroatoms. The van der Waals surface area contributed by atoms with Gasteiger partial charge in [0.05, 0.1) is 5.56 Å². The molecular formula is C25H22F3N5O. The van der Waals surface area contributed by atoms with Gasteiger partial charge in [0.2, 0.25) is 5.95 Å². The summed E-state index contributed by atoms with van der Waals surface area (Å²) in [6.07, 6.45) is 3.71. The van der Waals surface area contributed by atoms with Crippen LogP contribution in [-0.2, 0) is 6.18 Å². The summed E-state index contributed by atoms with van der Waals surface area (Å²) in [7, 11) is 0. The van der Waals surface area contributed by atoms with E-state index < -0.39 is 11.7 Å². The summed E-state index contributed by atoms with van der Waals surface area (Å²) in [5, 5.41) is 9.73. The molecule has 0 fully saturated rings. The average molecular weight is 465 g/mol. The lowest BCUT2D eigenvalue weighted by molar-refractivity contribution is -0.137. The number of hydrogen-bond donors (Lipinski definition) is 2. The van der Waals surface area contributed by atoms with Crippen LogP contribution in [0.15, 0.2) is 77.4 Å². The number of rotatable bonds is 5. The molecule has 1 aromatic heterocycles. The summed E-state index contributed by atoms with van der Waals surface area (Å²) in [6, 6.07) is 12.4. The van der Waals surface area contributed by atoms with E-state index in [0.717, 1.165) is 41.9 Å². The monoisotopic (exact) mass is 465 g/mol. The SMILES string of the molecule is CC1=CC(Oc2cccc(-c3nc(Nc4cccc(C(F)(F)F)c4)n[nH]3)c2)C2CCC=CC2=N1. The molecule has 3 aromatic rings. The second-order valence-corrected chi connectivity index (χ2v) is 8.25. The Morgan fingerprint density at radius 2 is 1.97 bits per heavy atom. The van der Waals surface area contributed by atoms with Gasteiger partial charge in [-0.15, -0.1) is 5.10 Å². The Balaban J connectivity index is 1.32. The third kappa shape index (κ3) is 4.73. The van der Waals surface area contributed by atoms with E-state index in [2.05, 4.69) is 37.6 Å². The standard InChI is InChI=1S/C25H22F3N5O/c1-15-12-22(20-10-2-3-11-21(20)29-15)34-19-9-4-6-16(13-19)23-31-24(33-32-23)30-18-8-5-7-17(14-18)25(26,27)28/h3-9,11-14,20,22H,2,10H2,1H3,(H2,30,31,32,33). The zero-order valence-electron chi connectivity index (χ0n) is 18.3. The zero-order chi connectivity index (χ0) is 23.7. The highest BCUT2D eigenvalue weighted by Crippen LogP contribution is 2.32. The van der Waals surface area contributed by atoms with Crippen LogP contribution in [0.2, 0.25) is 0 Å². The Kier molecular flexibility index (Phi) is 5.69. The second kappa shape index (κ2) is 8.81. The highest BCUT2D eigenvalue weighted by molar-refractivity contribution is 5.99. The van der Waals surface area contributed by atoms with Crippen LogP contribution in [0.25, 0.3) is 11.4 Å². The van der Waals surface area contributed by atoms with Gasteiger partial charge in [-0.1, -0.05) is 24.3 Å². The van der Waals surface area contributed by atoms with Gasteiger partial charge in [-0.2, -0.15) is 18.2 Å². The molecule has 2 aliphatic rings. The van der Waals surface area contributed by atoms with Crippen molar-refractivity contribution in [1.29, 1.82) is 0 Å². The van der Waals surface area contributed by atoms with E-state index >= 15 is 0 Å². The number of benzene rings is 2. The largest absolute Gasteiger partial charge is 0.486 e. The first-order valence-corrected chi connectivity index (χ1v) is 10.9. The summed E-state index contributed by atoms with van der Waals surface area (Å²) >= 11 is 0. The molecule has 0 saturated carbocycles. The van der Waals surface area contributed by atoms with Crippen LogP contribution >= 0.6 is 0 Å². The van der Waals surface area contributed by atoms with Gasteiger partial charge in [0.15, 0.2) is 5.82 Å².